The maximum atomic E-state index is 3.99. The highest BCUT2D eigenvalue weighted by Crippen LogP contribution is 2.08. The van der Waals surface area contributed by atoms with E-state index in [0.29, 0.717) is 5.95 Å². The molecule has 0 bridgehead atoms. The number of aromatic amines is 1. The van der Waals surface area contributed by atoms with Gasteiger partial charge in [-0.2, -0.15) is 15.2 Å². The van der Waals surface area contributed by atoms with E-state index in [1.807, 2.05) is 13.1 Å². The van der Waals surface area contributed by atoms with Crippen LogP contribution < -0.4 is 5.32 Å². The van der Waals surface area contributed by atoms with Crippen LogP contribution in [0.5, 0.6) is 0 Å². The van der Waals surface area contributed by atoms with Crippen molar-refractivity contribution in [3.8, 4) is 0 Å². The SMILES string of the molecule is Cn1nccc1Nc1ncn[nH]1. The monoisotopic (exact) mass is 164 g/mol. The van der Waals surface area contributed by atoms with E-state index in [2.05, 4.69) is 25.6 Å². The molecule has 0 aliphatic heterocycles. The quantitative estimate of drug-likeness (QED) is 0.668. The van der Waals surface area contributed by atoms with Crippen LogP contribution in [0.25, 0.3) is 0 Å². The van der Waals surface area contributed by atoms with Crippen LogP contribution in [0.1, 0.15) is 0 Å². The summed E-state index contributed by atoms with van der Waals surface area (Å²) in [5.41, 5.74) is 0. The molecule has 0 fully saturated rings. The molecule has 2 aromatic heterocycles. The summed E-state index contributed by atoms with van der Waals surface area (Å²) in [6.07, 6.45) is 3.15. The number of nitrogens with zero attached hydrogens (tertiary/aromatic N) is 4. The normalized spacial score (nSPS) is 10.1. The number of hydrogen-bond acceptors (Lipinski definition) is 4. The van der Waals surface area contributed by atoms with E-state index in [4.69, 9.17) is 0 Å². The van der Waals surface area contributed by atoms with Crippen molar-refractivity contribution in [2.24, 2.45) is 7.05 Å². The Morgan fingerprint density at radius 2 is 2.50 bits per heavy atom. The van der Waals surface area contributed by atoms with E-state index >= 15 is 0 Å². The molecular formula is C6H8N6. The summed E-state index contributed by atoms with van der Waals surface area (Å²) in [6.45, 7) is 0. The number of aryl methyl sites for hydroxylation is 1. The van der Waals surface area contributed by atoms with Crippen molar-refractivity contribution in [1.29, 1.82) is 0 Å². The summed E-state index contributed by atoms with van der Waals surface area (Å²) in [4.78, 5) is 3.91. The molecule has 0 aliphatic carbocycles. The third kappa shape index (κ3) is 1.14. The molecule has 2 heterocycles. The number of aromatic nitrogens is 5. The minimum absolute atomic E-state index is 0.610. The van der Waals surface area contributed by atoms with E-state index in [-0.39, 0.29) is 0 Å². The fourth-order valence-electron chi connectivity index (χ4n) is 0.884. The zero-order valence-electron chi connectivity index (χ0n) is 6.52. The topological polar surface area (TPSA) is 71.4 Å². The lowest BCUT2D eigenvalue weighted by molar-refractivity contribution is 0.775. The molecule has 0 aliphatic rings. The zero-order chi connectivity index (χ0) is 8.39. The van der Waals surface area contributed by atoms with Gasteiger partial charge >= 0.3 is 0 Å². The van der Waals surface area contributed by atoms with Gasteiger partial charge in [-0.1, -0.05) is 0 Å². The van der Waals surface area contributed by atoms with Gasteiger partial charge in [0.25, 0.3) is 0 Å². The lowest BCUT2D eigenvalue weighted by Crippen LogP contribution is -1.99. The first kappa shape index (κ1) is 6.84. The Bertz CT molecular complexity index is 348. The second-order valence-electron chi connectivity index (χ2n) is 2.30. The molecule has 0 radical (unpaired) electrons. The molecule has 0 spiro atoms. The van der Waals surface area contributed by atoms with Gasteiger partial charge in [0.1, 0.15) is 12.1 Å². The van der Waals surface area contributed by atoms with Gasteiger partial charge in [-0.15, -0.1) is 0 Å². The first-order valence-electron chi connectivity index (χ1n) is 3.46. The van der Waals surface area contributed by atoms with Crippen LogP contribution >= 0.6 is 0 Å². The summed E-state index contributed by atoms with van der Waals surface area (Å²) >= 11 is 0. The number of anilines is 2. The first-order chi connectivity index (χ1) is 5.86. The lowest BCUT2D eigenvalue weighted by Gasteiger charge is -2.00. The number of hydrogen-bond donors (Lipinski definition) is 2. The van der Waals surface area contributed by atoms with Gasteiger partial charge in [0.2, 0.25) is 5.95 Å². The molecule has 2 aromatic rings. The van der Waals surface area contributed by atoms with Crippen molar-refractivity contribution in [2.45, 2.75) is 0 Å². The van der Waals surface area contributed by atoms with Gasteiger partial charge in [-0.25, -0.2) is 5.10 Å². The van der Waals surface area contributed by atoms with Gasteiger partial charge in [-0.05, 0) is 0 Å². The smallest absolute Gasteiger partial charge is 0.224 e. The molecule has 12 heavy (non-hydrogen) atoms. The Morgan fingerprint density at radius 3 is 3.08 bits per heavy atom. The molecule has 62 valence electrons. The molecule has 0 saturated heterocycles. The summed E-state index contributed by atoms with van der Waals surface area (Å²) in [6, 6.07) is 1.85. The highest BCUT2D eigenvalue weighted by atomic mass is 15.3. The zero-order valence-corrected chi connectivity index (χ0v) is 6.52. The molecular weight excluding hydrogens is 156 g/mol. The molecule has 2 N–H and O–H groups in total. The van der Waals surface area contributed by atoms with E-state index in [0.717, 1.165) is 5.82 Å². The van der Waals surface area contributed by atoms with E-state index in [1.165, 1.54) is 6.33 Å². The fourth-order valence-corrected chi connectivity index (χ4v) is 0.884. The minimum Gasteiger partial charge on any atom is -0.309 e. The molecule has 0 unspecified atom stereocenters. The predicted molar refractivity (Wildman–Crippen MR) is 42.9 cm³/mol. The van der Waals surface area contributed by atoms with Crippen LogP contribution in [0.4, 0.5) is 11.8 Å². The lowest BCUT2D eigenvalue weighted by atomic mass is 10.6. The predicted octanol–water partition coefficient (Wildman–Crippen LogP) is 0.282. The molecule has 0 amide bonds. The van der Waals surface area contributed by atoms with Crippen molar-refractivity contribution in [3.05, 3.63) is 18.6 Å². The van der Waals surface area contributed by atoms with Gasteiger partial charge < -0.3 is 5.32 Å². The summed E-state index contributed by atoms with van der Waals surface area (Å²) in [5, 5.41) is 13.4. The molecule has 0 atom stereocenters. The van der Waals surface area contributed by atoms with Crippen LogP contribution in [-0.4, -0.2) is 25.0 Å². The highest BCUT2D eigenvalue weighted by molar-refractivity contribution is 5.46. The molecule has 6 heteroatoms. The Kier molecular flexibility index (Phi) is 1.51. The maximum Gasteiger partial charge on any atom is 0.224 e. The standard InChI is InChI=1S/C6H8N6/c1-12-5(2-3-9-12)10-6-7-4-8-11-6/h2-4H,1H3,(H2,7,8,10,11). The second-order valence-corrected chi connectivity index (χ2v) is 2.30. The van der Waals surface area contributed by atoms with Crippen molar-refractivity contribution in [2.75, 3.05) is 5.32 Å². The third-order valence-electron chi connectivity index (χ3n) is 1.48. The Labute approximate surface area is 68.6 Å². The van der Waals surface area contributed by atoms with Gasteiger partial charge in [0.15, 0.2) is 0 Å². The Hall–Kier alpha value is -1.85. The van der Waals surface area contributed by atoms with Crippen molar-refractivity contribution < 1.29 is 0 Å². The number of nitrogens with one attached hydrogen (secondary N) is 2. The molecule has 0 aromatic carbocycles. The Morgan fingerprint density at radius 1 is 1.58 bits per heavy atom. The van der Waals surface area contributed by atoms with Crippen molar-refractivity contribution in [1.82, 2.24) is 25.0 Å². The maximum absolute atomic E-state index is 3.99. The Balaban J connectivity index is 2.20. The average molecular weight is 164 g/mol. The summed E-state index contributed by atoms with van der Waals surface area (Å²) < 4.78 is 1.71. The molecule has 6 nitrogen and oxygen atoms in total. The largest absolute Gasteiger partial charge is 0.309 e. The summed E-state index contributed by atoms with van der Waals surface area (Å²) in [7, 11) is 1.85. The third-order valence-corrected chi connectivity index (χ3v) is 1.48. The van der Waals surface area contributed by atoms with E-state index in [1.54, 1.807) is 10.9 Å². The first-order valence-corrected chi connectivity index (χ1v) is 3.46. The van der Waals surface area contributed by atoms with Gasteiger partial charge in [-0.3, -0.25) is 4.68 Å². The second kappa shape index (κ2) is 2.65. The van der Waals surface area contributed by atoms with E-state index < -0.39 is 0 Å². The van der Waals surface area contributed by atoms with Crippen molar-refractivity contribution in [3.63, 3.8) is 0 Å². The fraction of sp³-hybridized carbons (Fsp3) is 0.167. The van der Waals surface area contributed by atoms with Crippen LogP contribution in [-0.2, 0) is 7.05 Å². The van der Waals surface area contributed by atoms with Gasteiger partial charge in [0, 0.05) is 13.1 Å². The minimum atomic E-state index is 0.610. The van der Waals surface area contributed by atoms with E-state index in [9.17, 15) is 0 Å². The van der Waals surface area contributed by atoms with Crippen molar-refractivity contribution >= 4 is 11.8 Å². The highest BCUT2D eigenvalue weighted by Gasteiger charge is 1.99. The summed E-state index contributed by atoms with van der Waals surface area (Å²) in [5.74, 6) is 1.48. The van der Waals surface area contributed by atoms with Crippen LogP contribution in [0.15, 0.2) is 18.6 Å². The average Bonchev–Trinajstić information content (AvgIpc) is 2.65. The molecule has 0 saturated carbocycles. The van der Waals surface area contributed by atoms with Gasteiger partial charge in [0.05, 0.1) is 6.20 Å². The van der Waals surface area contributed by atoms with Crippen LogP contribution in [0, 0.1) is 0 Å². The van der Waals surface area contributed by atoms with Crippen LogP contribution in [0.2, 0.25) is 0 Å². The van der Waals surface area contributed by atoms with Crippen LogP contribution in [0.3, 0.4) is 0 Å². The number of rotatable bonds is 2. The number of H-pyrrole nitrogens is 1. The molecule has 2 rings (SSSR count).